The first kappa shape index (κ1) is 12.7. The third kappa shape index (κ3) is 3.58. The molecule has 17 heavy (non-hydrogen) atoms. The van der Waals surface area contributed by atoms with Crippen LogP contribution in [0.3, 0.4) is 0 Å². The van der Waals surface area contributed by atoms with Gasteiger partial charge in [0.05, 0.1) is 6.20 Å². The van der Waals surface area contributed by atoms with E-state index in [1.807, 2.05) is 6.07 Å². The summed E-state index contributed by atoms with van der Waals surface area (Å²) in [6.07, 6.45) is 6.16. The Morgan fingerprint density at radius 3 is 3.18 bits per heavy atom. The van der Waals surface area contributed by atoms with Gasteiger partial charge in [0.25, 0.3) is 0 Å². The standard InChI is InChI=1S/C13H19ClN2O/c1-2-4-10-7-12(8-16-13(10)14)17-9-11-5-3-6-15-11/h7-8,11,15H,2-6,9H2,1H3/t11-/m1/s1. The third-order valence-corrected chi connectivity index (χ3v) is 3.36. The number of aryl methyl sites for hydroxylation is 1. The predicted molar refractivity (Wildman–Crippen MR) is 69.8 cm³/mol. The van der Waals surface area contributed by atoms with E-state index in [9.17, 15) is 0 Å². The minimum Gasteiger partial charge on any atom is -0.490 e. The van der Waals surface area contributed by atoms with Crippen molar-refractivity contribution in [2.45, 2.75) is 38.6 Å². The molecule has 2 rings (SSSR count). The average Bonchev–Trinajstić information content (AvgIpc) is 2.83. The lowest BCUT2D eigenvalue weighted by atomic mass is 10.2. The van der Waals surface area contributed by atoms with Crippen LogP contribution in [-0.4, -0.2) is 24.2 Å². The van der Waals surface area contributed by atoms with Gasteiger partial charge >= 0.3 is 0 Å². The minimum atomic E-state index is 0.486. The predicted octanol–water partition coefficient (Wildman–Crippen LogP) is 2.82. The minimum absolute atomic E-state index is 0.486. The Morgan fingerprint density at radius 1 is 1.59 bits per heavy atom. The zero-order valence-electron chi connectivity index (χ0n) is 10.2. The lowest BCUT2D eigenvalue weighted by Crippen LogP contribution is -2.28. The van der Waals surface area contributed by atoms with E-state index in [4.69, 9.17) is 16.3 Å². The fourth-order valence-electron chi connectivity index (χ4n) is 2.09. The summed E-state index contributed by atoms with van der Waals surface area (Å²) >= 11 is 6.02. The largest absolute Gasteiger partial charge is 0.490 e. The Kier molecular flexibility index (Phi) is 4.63. The Hall–Kier alpha value is -0.800. The third-order valence-electron chi connectivity index (χ3n) is 3.02. The molecule has 0 spiro atoms. The van der Waals surface area contributed by atoms with Crippen molar-refractivity contribution in [1.29, 1.82) is 0 Å². The second-order valence-corrected chi connectivity index (χ2v) is 4.83. The molecule has 1 aliphatic heterocycles. The average molecular weight is 255 g/mol. The molecule has 1 N–H and O–H groups in total. The molecule has 94 valence electrons. The second kappa shape index (κ2) is 6.22. The lowest BCUT2D eigenvalue weighted by molar-refractivity contribution is 0.276. The summed E-state index contributed by atoms with van der Waals surface area (Å²) in [5.41, 5.74) is 1.08. The van der Waals surface area contributed by atoms with Crippen LogP contribution in [0.1, 0.15) is 31.7 Å². The highest BCUT2D eigenvalue weighted by atomic mass is 35.5. The Labute approximate surface area is 108 Å². The molecular weight excluding hydrogens is 236 g/mol. The van der Waals surface area contributed by atoms with Crippen molar-refractivity contribution in [3.8, 4) is 5.75 Å². The van der Waals surface area contributed by atoms with Gasteiger partial charge < -0.3 is 10.1 Å². The van der Waals surface area contributed by atoms with E-state index in [-0.39, 0.29) is 0 Å². The molecule has 0 aromatic carbocycles. The number of halogens is 1. The highest BCUT2D eigenvalue weighted by molar-refractivity contribution is 6.30. The van der Waals surface area contributed by atoms with Crippen molar-refractivity contribution < 1.29 is 4.74 Å². The van der Waals surface area contributed by atoms with Crippen LogP contribution in [0.25, 0.3) is 0 Å². The van der Waals surface area contributed by atoms with Crippen LogP contribution in [0.4, 0.5) is 0 Å². The normalized spacial score (nSPS) is 19.5. The van der Waals surface area contributed by atoms with Crippen molar-refractivity contribution in [1.82, 2.24) is 10.3 Å². The van der Waals surface area contributed by atoms with Gasteiger partial charge in [-0.2, -0.15) is 0 Å². The van der Waals surface area contributed by atoms with Crippen molar-refractivity contribution in [2.24, 2.45) is 0 Å². The highest BCUT2D eigenvalue weighted by Crippen LogP contribution is 2.21. The summed E-state index contributed by atoms with van der Waals surface area (Å²) in [6, 6.07) is 2.49. The van der Waals surface area contributed by atoms with Crippen molar-refractivity contribution >= 4 is 11.6 Å². The van der Waals surface area contributed by atoms with Gasteiger partial charge in [-0.15, -0.1) is 0 Å². The fourth-order valence-corrected chi connectivity index (χ4v) is 2.29. The van der Waals surface area contributed by atoms with Crippen molar-refractivity contribution in [3.63, 3.8) is 0 Å². The molecular formula is C13H19ClN2O. The molecule has 0 bridgehead atoms. The molecule has 0 saturated carbocycles. The van der Waals surface area contributed by atoms with Crippen LogP contribution in [0, 0.1) is 0 Å². The van der Waals surface area contributed by atoms with Crippen LogP contribution >= 0.6 is 11.6 Å². The van der Waals surface area contributed by atoms with Crippen LogP contribution < -0.4 is 10.1 Å². The number of hydrogen-bond acceptors (Lipinski definition) is 3. The first-order valence-corrected chi connectivity index (χ1v) is 6.68. The summed E-state index contributed by atoms with van der Waals surface area (Å²) in [5.74, 6) is 0.826. The molecule has 0 aliphatic carbocycles. The van der Waals surface area contributed by atoms with E-state index < -0.39 is 0 Å². The first-order chi connectivity index (χ1) is 8.29. The molecule has 3 nitrogen and oxygen atoms in total. The molecule has 0 amide bonds. The maximum absolute atomic E-state index is 6.02. The van der Waals surface area contributed by atoms with Crippen LogP contribution in [0.15, 0.2) is 12.3 Å². The van der Waals surface area contributed by atoms with E-state index in [1.54, 1.807) is 6.20 Å². The summed E-state index contributed by atoms with van der Waals surface area (Å²) in [4.78, 5) is 4.16. The van der Waals surface area contributed by atoms with Crippen LogP contribution in [0.5, 0.6) is 5.75 Å². The van der Waals surface area contributed by atoms with Crippen LogP contribution in [-0.2, 0) is 6.42 Å². The number of ether oxygens (including phenoxy) is 1. The highest BCUT2D eigenvalue weighted by Gasteiger charge is 2.14. The molecule has 1 aromatic heterocycles. The maximum atomic E-state index is 6.02. The molecule has 0 radical (unpaired) electrons. The number of pyridine rings is 1. The number of hydrogen-bond donors (Lipinski definition) is 1. The van der Waals surface area contributed by atoms with Gasteiger partial charge in [0.1, 0.15) is 17.5 Å². The second-order valence-electron chi connectivity index (χ2n) is 4.48. The van der Waals surface area contributed by atoms with Gasteiger partial charge in [0.15, 0.2) is 0 Å². The summed E-state index contributed by atoms with van der Waals surface area (Å²) in [5, 5.41) is 4.00. The molecule has 1 aromatic rings. The molecule has 1 atom stereocenters. The topological polar surface area (TPSA) is 34.1 Å². The van der Waals surface area contributed by atoms with Gasteiger partial charge in [0.2, 0.25) is 0 Å². The molecule has 2 heterocycles. The molecule has 1 aliphatic rings. The number of aromatic nitrogens is 1. The van der Waals surface area contributed by atoms with Crippen LogP contribution in [0.2, 0.25) is 5.15 Å². The van der Waals surface area contributed by atoms with Gasteiger partial charge in [-0.1, -0.05) is 24.9 Å². The van der Waals surface area contributed by atoms with E-state index >= 15 is 0 Å². The molecule has 1 fully saturated rings. The lowest BCUT2D eigenvalue weighted by Gasteiger charge is -2.12. The quantitative estimate of drug-likeness (QED) is 0.821. The smallest absolute Gasteiger partial charge is 0.138 e. The number of nitrogens with one attached hydrogen (secondary N) is 1. The van der Waals surface area contributed by atoms with E-state index in [0.29, 0.717) is 11.2 Å². The molecule has 0 unspecified atom stereocenters. The van der Waals surface area contributed by atoms with E-state index in [2.05, 4.69) is 17.2 Å². The van der Waals surface area contributed by atoms with Gasteiger partial charge in [-0.25, -0.2) is 4.98 Å². The zero-order valence-corrected chi connectivity index (χ0v) is 11.0. The fraction of sp³-hybridized carbons (Fsp3) is 0.615. The Balaban J connectivity index is 1.93. The number of nitrogens with zero attached hydrogens (tertiary/aromatic N) is 1. The van der Waals surface area contributed by atoms with Crippen molar-refractivity contribution in [3.05, 3.63) is 23.0 Å². The maximum Gasteiger partial charge on any atom is 0.138 e. The number of rotatable bonds is 5. The SMILES string of the molecule is CCCc1cc(OC[C@H]2CCCN2)cnc1Cl. The van der Waals surface area contributed by atoms with Gasteiger partial charge in [-0.05, 0) is 37.4 Å². The first-order valence-electron chi connectivity index (χ1n) is 6.30. The van der Waals surface area contributed by atoms with Gasteiger partial charge in [0, 0.05) is 6.04 Å². The summed E-state index contributed by atoms with van der Waals surface area (Å²) < 4.78 is 5.75. The summed E-state index contributed by atoms with van der Waals surface area (Å²) in [6.45, 7) is 3.95. The van der Waals surface area contributed by atoms with E-state index in [1.165, 1.54) is 12.8 Å². The van der Waals surface area contributed by atoms with Crippen molar-refractivity contribution in [2.75, 3.05) is 13.2 Å². The molecule has 1 saturated heterocycles. The summed E-state index contributed by atoms with van der Waals surface area (Å²) in [7, 11) is 0. The monoisotopic (exact) mass is 254 g/mol. The Bertz CT molecular complexity index is 364. The van der Waals surface area contributed by atoms with Gasteiger partial charge in [-0.3, -0.25) is 0 Å². The van der Waals surface area contributed by atoms with E-state index in [0.717, 1.165) is 37.3 Å². The molecule has 4 heteroatoms. The Morgan fingerprint density at radius 2 is 2.47 bits per heavy atom. The zero-order chi connectivity index (χ0) is 12.1.